The molecule has 0 N–H and O–H groups in total. The number of hydrogen-bond acceptors (Lipinski definition) is 2. The van der Waals surface area contributed by atoms with Gasteiger partial charge in [0.05, 0.1) is 0 Å². The highest BCUT2D eigenvalue weighted by Crippen LogP contribution is 2.41. The van der Waals surface area contributed by atoms with Crippen molar-refractivity contribution in [3.05, 3.63) is 41.0 Å². The second-order valence-corrected chi connectivity index (χ2v) is 7.12. The molecule has 0 aliphatic heterocycles. The van der Waals surface area contributed by atoms with Crippen molar-refractivity contribution in [2.75, 3.05) is 0 Å². The van der Waals surface area contributed by atoms with Gasteiger partial charge in [0, 0.05) is 37.6 Å². The predicted molar refractivity (Wildman–Crippen MR) is 112 cm³/mol. The highest BCUT2D eigenvalue weighted by atomic mass is 32.1. The summed E-state index contributed by atoms with van der Waals surface area (Å²) in [7, 11) is 0. The van der Waals surface area contributed by atoms with Gasteiger partial charge in [-0.1, -0.05) is 31.4 Å². The van der Waals surface area contributed by atoms with Gasteiger partial charge in [0.1, 0.15) is 11.9 Å². The molecule has 0 amide bonds. The van der Waals surface area contributed by atoms with E-state index in [4.69, 9.17) is 4.74 Å². The summed E-state index contributed by atoms with van der Waals surface area (Å²) in [6.45, 7) is 8.29. The first kappa shape index (κ1) is 17.9. The van der Waals surface area contributed by atoms with Crippen LogP contribution in [0.1, 0.15) is 37.0 Å². The van der Waals surface area contributed by atoms with Gasteiger partial charge in [-0.25, -0.2) is 0 Å². The molecule has 128 valence electrons. The predicted octanol–water partition coefficient (Wildman–Crippen LogP) is 5.99. The van der Waals surface area contributed by atoms with Crippen LogP contribution in [0.3, 0.4) is 0 Å². The lowest BCUT2D eigenvalue weighted by Crippen LogP contribution is -1.88. The Kier molecular flexibility index (Phi) is 5.53. The van der Waals surface area contributed by atoms with Crippen LogP contribution in [0.25, 0.3) is 20.2 Å². The molecule has 0 aliphatic rings. The number of hydrogen-bond donors (Lipinski definition) is 0. The van der Waals surface area contributed by atoms with Crippen molar-refractivity contribution in [2.24, 2.45) is 0 Å². The lowest BCUT2D eigenvalue weighted by Gasteiger charge is -2.05. The Balaban J connectivity index is 2.03. The van der Waals surface area contributed by atoms with E-state index in [1.807, 2.05) is 17.4 Å². The van der Waals surface area contributed by atoms with Crippen LogP contribution >= 0.6 is 11.3 Å². The van der Waals surface area contributed by atoms with Crippen LogP contribution in [0.2, 0.25) is 0 Å². The molecule has 0 atom stereocenters. The van der Waals surface area contributed by atoms with Gasteiger partial charge in [0.2, 0.25) is 0 Å². The summed E-state index contributed by atoms with van der Waals surface area (Å²) >= 11 is 1.84. The molecule has 0 saturated heterocycles. The number of benzene rings is 2. The maximum absolute atomic E-state index is 5.61. The summed E-state index contributed by atoms with van der Waals surface area (Å²) in [4.78, 5) is 0. The summed E-state index contributed by atoms with van der Waals surface area (Å²) in [6.07, 6.45) is 4.94. The maximum atomic E-state index is 5.61. The van der Waals surface area contributed by atoms with E-state index in [1.165, 1.54) is 37.7 Å². The van der Waals surface area contributed by atoms with E-state index >= 15 is 0 Å². The smallest absolute Gasteiger partial charge is 0.144 e. The summed E-state index contributed by atoms with van der Waals surface area (Å²) in [5.74, 6) is 14.1. The third kappa shape index (κ3) is 3.41. The van der Waals surface area contributed by atoms with E-state index in [1.54, 1.807) is 6.92 Å². The van der Waals surface area contributed by atoms with E-state index in [9.17, 15) is 0 Å². The van der Waals surface area contributed by atoms with Gasteiger partial charge >= 0.3 is 0 Å². The molecule has 2 aromatic carbocycles. The quantitative estimate of drug-likeness (QED) is 0.524. The Labute approximate surface area is 159 Å². The second kappa shape index (κ2) is 8.01. The van der Waals surface area contributed by atoms with Gasteiger partial charge in [-0.15, -0.1) is 11.3 Å². The van der Waals surface area contributed by atoms with Crippen molar-refractivity contribution in [3.63, 3.8) is 0 Å². The molecule has 0 saturated carbocycles. The monoisotopic (exact) mass is 356 g/mol. The Hall–Kier alpha value is -2.86. The minimum absolute atomic E-state index is 0.784. The van der Waals surface area contributed by atoms with Gasteiger partial charge < -0.3 is 4.74 Å². The van der Waals surface area contributed by atoms with E-state index in [0.29, 0.717) is 0 Å². The molecular formula is C24H20OS. The lowest BCUT2D eigenvalue weighted by molar-refractivity contribution is 0.517. The zero-order valence-corrected chi connectivity index (χ0v) is 16.4. The van der Waals surface area contributed by atoms with Gasteiger partial charge in [0.15, 0.2) is 0 Å². The molecule has 0 spiro atoms. The maximum Gasteiger partial charge on any atom is 0.144 e. The Morgan fingerprint density at radius 1 is 0.885 bits per heavy atom. The van der Waals surface area contributed by atoms with Crippen LogP contribution in [-0.4, -0.2) is 0 Å². The van der Waals surface area contributed by atoms with Gasteiger partial charge in [-0.3, -0.25) is 0 Å². The van der Waals surface area contributed by atoms with Crippen molar-refractivity contribution in [1.82, 2.24) is 0 Å². The fraction of sp³-hybridized carbons (Fsp3) is 0.250. The van der Waals surface area contributed by atoms with Crippen LogP contribution in [-0.2, 0) is 6.42 Å². The average molecular weight is 356 g/mol. The summed E-state index contributed by atoms with van der Waals surface area (Å²) < 4.78 is 8.25. The van der Waals surface area contributed by atoms with Crippen molar-refractivity contribution in [3.8, 4) is 41.5 Å². The Bertz CT molecular complexity index is 1160. The summed E-state index contributed by atoms with van der Waals surface area (Å²) in [5.41, 5.74) is 3.97. The minimum Gasteiger partial charge on any atom is -0.406 e. The molecule has 0 fully saturated rings. The van der Waals surface area contributed by atoms with Crippen LogP contribution in [0.15, 0.2) is 24.3 Å². The SMILES string of the molecule is CC#CC#CC#COc1ccc2c(sc3c(C)c(CCC)ccc32)c1C. The minimum atomic E-state index is 0.784. The molecule has 0 unspecified atom stereocenters. The number of thiophene rings is 1. The molecule has 2 heteroatoms. The van der Waals surface area contributed by atoms with Gasteiger partial charge in [-0.05, 0) is 62.3 Å². The highest BCUT2D eigenvalue weighted by molar-refractivity contribution is 7.26. The molecule has 1 nitrogen and oxygen atoms in total. The van der Waals surface area contributed by atoms with Gasteiger partial charge in [-0.2, -0.15) is 0 Å². The first-order valence-corrected chi connectivity index (χ1v) is 9.52. The summed E-state index contributed by atoms with van der Waals surface area (Å²) in [5, 5.41) is 2.61. The second-order valence-electron chi connectivity index (χ2n) is 6.10. The molecule has 1 heterocycles. The fourth-order valence-electron chi connectivity index (χ4n) is 3.08. The summed E-state index contributed by atoms with van der Waals surface area (Å²) in [6, 6.07) is 8.66. The zero-order chi connectivity index (χ0) is 18.5. The standard InChI is InChI=1S/C24H20OS/c1-5-7-8-9-10-16-25-22-15-14-21-20-13-12-19(11-6-2)17(3)23(20)26-24(21)18(22)4/h12-15H,6,11H2,1-4H3. The van der Waals surface area contributed by atoms with Crippen LogP contribution in [0.5, 0.6) is 5.75 Å². The lowest BCUT2D eigenvalue weighted by atomic mass is 10.0. The molecule has 1 aromatic heterocycles. The van der Waals surface area contributed by atoms with E-state index in [-0.39, 0.29) is 0 Å². The molecule has 3 aromatic rings. The zero-order valence-electron chi connectivity index (χ0n) is 15.5. The number of fused-ring (bicyclic) bond motifs is 3. The number of rotatable bonds is 3. The van der Waals surface area contributed by atoms with E-state index in [2.05, 4.69) is 74.7 Å². The van der Waals surface area contributed by atoms with Crippen molar-refractivity contribution >= 4 is 31.5 Å². The van der Waals surface area contributed by atoms with Crippen LogP contribution < -0.4 is 4.74 Å². The molecule has 0 bridgehead atoms. The first-order valence-electron chi connectivity index (χ1n) is 8.70. The van der Waals surface area contributed by atoms with Crippen LogP contribution in [0.4, 0.5) is 0 Å². The normalized spacial score (nSPS) is 9.69. The third-order valence-corrected chi connectivity index (χ3v) is 5.87. The van der Waals surface area contributed by atoms with Crippen LogP contribution in [0, 0.1) is 49.6 Å². The van der Waals surface area contributed by atoms with Gasteiger partial charge in [0.25, 0.3) is 0 Å². The Morgan fingerprint density at radius 3 is 2.31 bits per heavy atom. The first-order chi connectivity index (χ1) is 12.7. The van der Waals surface area contributed by atoms with Crippen molar-refractivity contribution < 1.29 is 4.74 Å². The molecule has 26 heavy (non-hydrogen) atoms. The molecule has 3 rings (SSSR count). The third-order valence-electron chi connectivity index (χ3n) is 4.41. The molecule has 0 radical (unpaired) electrons. The van der Waals surface area contributed by atoms with Crippen molar-refractivity contribution in [2.45, 2.75) is 40.5 Å². The van der Waals surface area contributed by atoms with E-state index in [0.717, 1.165) is 17.7 Å². The molecule has 0 aliphatic carbocycles. The topological polar surface area (TPSA) is 9.23 Å². The molecular weight excluding hydrogens is 336 g/mol. The van der Waals surface area contributed by atoms with Crippen molar-refractivity contribution in [1.29, 1.82) is 0 Å². The van der Waals surface area contributed by atoms with E-state index < -0.39 is 0 Å². The Morgan fingerprint density at radius 2 is 1.58 bits per heavy atom. The average Bonchev–Trinajstić information content (AvgIpc) is 3.02. The largest absolute Gasteiger partial charge is 0.406 e. The number of ether oxygens (including phenoxy) is 1. The number of aryl methyl sites for hydroxylation is 3. The highest BCUT2D eigenvalue weighted by Gasteiger charge is 2.13. The fourth-order valence-corrected chi connectivity index (χ4v) is 4.39.